The number of hydrogen-bond donors (Lipinski definition) is 0. The molecule has 1 aromatic heterocycles. The number of allylic oxidation sites excluding steroid dienone is 6. The Bertz CT molecular complexity index is 2260. The molecule has 0 bridgehead atoms. The Morgan fingerprint density at radius 2 is 1.55 bits per heavy atom. The van der Waals surface area contributed by atoms with Crippen molar-refractivity contribution >= 4 is 33.6 Å². The summed E-state index contributed by atoms with van der Waals surface area (Å²) in [6, 6.07) is 44.1. The lowest BCUT2D eigenvalue weighted by molar-refractivity contribution is 0.630. The molecule has 2 heterocycles. The van der Waals surface area contributed by atoms with Gasteiger partial charge in [-0.3, -0.25) is 0 Å². The summed E-state index contributed by atoms with van der Waals surface area (Å²) in [4.78, 5) is 2.41. The van der Waals surface area contributed by atoms with Crippen molar-refractivity contribution in [2.75, 3.05) is 4.90 Å². The van der Waals surface area contributed by atoms with Gasteiger partial charge in [0.25, 0.3) is 0 Å². The first-order valence-corrected chi connectivity index (χ1v) is 16.5. The molecule has 0 fully saturated rings. The van der Waals surface area contributed by atoms with E-state index in [0.29, 0.717) is 5.92 Å². The minimum atomic E-state index is -0.0967. The predicted octanol–water partition coefficient (Wildman–Crippen LogP) is 11.6. The van der Waals surface area contributed by atoms with Crippen LogP contribution in [0.4, 0.5) is 5.69 Å². The van der Waals surface area contributed by atoms with Gasteiger partial charge in [-0.05, 0) is 71.2 Å². The molecule has 0 radical (unpaired) electrons. The van der Waals surface area contributed by atoms with Crippen molar-refractivity contribution < 1.29 is 0 Å². The lowest BCUT2D eigenvalue weighted by Gasteiger charge is -2.34. The maximum Gasteiger partial charge on any atom is 0.0582 e. The molecule has 0 N–H and O–H groups in total. The average Bonchev–Trinajstić information content (AvgIpc) is 3.45. The second-order valence-corrected chi connectivity index (χ2v) is 13.0. The van der Waals surface area contributed by atoms with E-state index in [1.54, 1.807) is 0 Å². The van der Waals surface area contributed by atoms with Crippen LogP contribution >= 0.6 is 0 Å². The fraction of sp³-hybridized carbons (Fsp3) is 0.111. The molecule has 1 aliphatic carbocycles. The minimum Gasteiger partial charge on any atom is -0.311 e. The van der Waals surface area contributed by atoms with Gasteiger partial charge in [-0.25, -0.2) is 0 Å². The Hall–Kier alpha value is -5.60. The summed E-state index contributed by atoms with van der Waals surface area (Å²) in [6.45, 7) is 8.71. The largest absolute Gasteiger partial charge is 0.311 e. The van der Waals surface area contributed by atoms with Crippen LogP contribution in [-0.2, 0) is 5.41 Å². The molecule has 2 nitrogen and oxygen atoms in total. The van der Waals surface area contributed by atoms with Crippen LogP contribution in [-0.4, -0.2) is 4.57 Å². The molecule has 1 atom stereocenters. The second-order valence-electron chi connectivity index (χ2n) is 13.0. The van der Waals surface area contributed by atoms with Gasteiger partial charge in [-0.1, -0.05) is 142 Å². The number of hydrogen-bond acceptors (Lipinski definition) is 1. The van der Waals surface area contributed by atoms with Gasteiger partial charge in [0.2, 0.25) is 0 Å². The number of nitrogens with zero attached hydrogens (tertiary/aromatic N) is 2. The zero-order valence-corrected chi connectivity index (χ0v) is 27.0. The van der Waals surface area contributed by atoms with Gasteiger partial charge in [0.1, 0.15) is 0 Å². The maximum atomic E-state index is 4.00. The average molecular weight is 607 g/mol. The Labute approximate surface area is 277 Å². The Kier molecular flexibility index (Phi) is 7.14. The molecule has 0 amide bonds. The van der Waals surface area contributed by atoms with Gasteiger partial charge >= 0.3 is 0 Å². The van der Waals surface area contributed by atoms with E-state index in [0.717, 1.165) is 29.1 Å². The van der Waals surface area contributed by atoms with Crippen molar-refractivity contribution in [1.29, 1.82) is 0 Å². The second kappa shape index (κ2) is 11.6. The number of benzene rings is 5. The molecule has 1 unspecified atom stereocenters. The quantitative estimate of drug-likeness (QED) is 0.164. The summed E-state index contributed by atoms with van der Waals surface area (Å²) < 4.78 is 2.48. The zero-order valence-electron chi connectivity index (χ0n) is 27.0. The predicted molar refractivity (Wildman–Crippen MR) is 200 cm³/mol. The molecular formula is C45H38N2. The van der Waals surface area contributed by atoms with Gasteiger partial charge < -0.3 is 9.47 Å². The number of fused-ring (bicyclic) bond motifs is 5. The summed E-state index contributed by atoms with van der Waals surface area (Å²) >= 11 is 0. The summed E-state index contributed by atoms with van der Waals surface area (Å²) in [5.41, 5.74) is 12.2. The first-order chi connectivity index (χ1) is 23.0. The summed E-state index contributed by atoms with van der Waals surface area (Å²) in [7, 11) is 0. The molecular weight excluding hydrogens is 569 g/mol. The molecule has 228 valence electrons. The van der Waals surface area contributed by atoms with Crippen LogP contribution in [0.2, 0.25) is 0 Å². The molecule has 2 aliphatic rings. The summed E-state index contributed by atoms with van der Waals surface area (Å²) in [5, 5.41) is 2.54. The first kappa shape index (κ1) is 28.8. The highest BCUT2D eigenvalue weighted by molar-refractivity contribution is 6.12. The molecule has 5 aromatic carbocycles. The fourth-order valence-corrected chi connectivity index (χ4v) is 7.56. The summed E-state index contributed by atoms with van der Waals surface area (Å²) in [5.74, 6) is 0.293. The van der Waals surface area contributed by atoms with Crippen LogP contribution in [0.5, 0.6) is 0 Å². The van der Waals surface area contributed by atoms with Crippen LogP contribution in [0.3, 0.4) is 0 Å². The highest BCUT2D eigenvalue weighted by Gasteiger charge is 2.35. The normalized spacial score (nSPS) is 16.8. The number of rotatable bonds is 7. The van der Waals surface area contributed by atoms with Crippen molar-refractivity contribution in [3.63, 3.8) is 0 Å². The van der Waals surface area contributed by atoms with Crippen LogP contribution < -0.4 is 4.90 Å². The smallest absolute Gasteiger partial charge is 0.0582 e. The van der Waals surface area contributed by atoms with E-state index in [4.69, 9.17) is 0 Å². The third kappa shape index (κ3) is 4.89. The topological polar surface area (TPSA) is 8.17 Å². The van der Waals surface area contributed by atoms with Crippen molar-refractivity contribution in [2.24, 2.45) is 0 Å². The van der Waals surface area contributed by atoms with Crippen molar-refractivity contribution in [2.45, 2.75) is 31.6 Å². The van der Waals surface area contributed by atoms with E-state index < -0.39 is 0 Å². The van der Waals surface area contributed by atoms with Gasteiger partial charge in [0, 0.05) is 39.2 Å². The Morgan fingerprint density at radius 1 is 0.809 bits per heavy atom. The van der Waals surface area contributed by atoms with Crippen LogP contribution in [0, 0.1) is 0 Å². The van der Waals surface area contributed by atoms with Gasteiger partial charge in [-0.15, -0.1) is 0 Å². The van der Waals surface area contributed by atoms with E-state index in [1.807, 2.05) is 12.2 Å². The van der Waals surface area contributed by atoms with E-state index in [-0.39, 0.29) is 5.41 Å². The van der Waals surface area contributed by atoms with Crippen molar-refractivity contribution in [1.82, 2.24) is 4.57 Å². The molecule has 47 heavy (non-hydrogen) atoms. The van der Waals surface area contributed by atoms with Crippen LogP contribution in [0.15, 0.2) is 176 Å². The monoisotopic (exact) mass is 606 g/mol. The standard InChI is InChI=1S/C45H38N2/c1-4-5-21-35(29-32-16-8-6-9-17-32)46(36-22-14-20-34(30-36)33-18-10-7-11-19-33)37-27-28-42-39(31-37)38-23-15-25-41-44(38)47(42)43-26-13-12-24-40(43)45(41,2)3/h4-19,21-31,34H,1,20H2,2-3H3. The van der Waals surface area contributed by atoms with Crippen LogP contribution in [0.1, 0.15) is 48.4 Å². The van der Waals surface area contributed by atoms with E-state index in [2.05, 4.69) is 182 Å². The Balaban J connectivity index is 1.38. The van der Waals surface area contributed by atoms with Gasteiger partial charge in [-0.2, -0.15) is 0 Å². The fourth-order valence-electron chi connectivity index (χ4n) is 7.56. The van der Waals surface area contributed by atoms with E-state index >= 15 is 0 Å². The molecule has 0 spiro atoms. The first-order valence-electron chi connectivity index (χ1n) is 16.5. The van der Waals surface area contributed by atoms with Crippen LogP contribution in [0.25, 0.3) is 33.6 Å². The Morgan fingerprint density at radius 3 is 2.36 bits per heavy atom. The number of aromatic nitrogens is 1. The molecule has 2 heteroatoms. The highest BCUT2D eigenvalue weighted by atomic mass is 15.2. The lowest BCUT2D eigenvalue weighted by Crippen LogP contribution is -2.26. The highest BCUT2D eigenvalue weighted by Crippen LogP contribution is 2.48. The third-order valence-corrected chi connectivity index (χ3v) is 9.83. The number of para-hydroxylation sites is 2. The maximum absolute atomic E-state index is 4.00. The molecule has 1 aliphatic heterocycles. The van der Waals surface area contributed by atoms with Crippen molar-refractivity contribution in [3.05, 3.63) is 198 Å². The number of anilines is 1. The SMILES string of the molecule is C=CC=CC(=Cc1ccccc1)N(C1=CC(c2ccccc2)CC=C1)c1ccc2c(c1)c1cccc3c1n2-c1ccccc1C3(C)C. The minimum absolute atomic E-state index is 0.0967. The lowest BCUT2D eigenvalue weighted by atomic mass is 9.75. The van der Waals surface area contributed by atoms with E-state index in [1.165, 1.54) is 44.2 Å². The molecule has 6 aromatic rings. The van der Waals surface area contributed by atoms with Gasteiger partial charge in [0.05, 0.1) is 16.7 Å². The van der Waals surface area contributed by atoms with Gasteiger partial charge in [0.15, 0.2) is 0 Å². The molecule has 0 saturated carbocycles. The third-order valence-electron chi connectivity index (χ3n) is 9.83. The van der Waals surface area contributed by atoms with E-state index in [9.17, 15) is 0 Å². The summed E-state index contributed by atoms with van der Waals surface area (Å²) in [6.07, 6.45) is 16.3. The molecule has 0 saturated heterocycles. The molecule has 8 rings (SSSR count). The zero-order chi connectivity index (χ0) is 32.0. The van der Waals surface area contributed by atoms with Crippen molar-refractivity contribution in [3.8, 4) is 5.69 Å².